The molecule has 0 aromatic carbocycles. The van der Waals surface area contributed by atoms with Crippen LogP contribution in [0.3, 0.4) is 0 Å². The van der Waals surface area contributed by atoms with Crippen molar-refractivity contribution in [2.45, 2.75) is 27.2 Å². The van der Waals surface area contributed by atoms with E-state index in [4.69, 9.17) is 4.74 Å². The molecule has 0 saturated heterocycles. The number of esters is 1. The quantitative estimate of drug-likeness (QED) is 0.583. The highest BCUT2D eigenvalue weighted by Crippen LogP contribution is 2.38. The monoisotopic (exact) mass is 156 g/mol. The molecule has 1 saturated carbocycles. The molecule has 0 amide bonds. The van der Waals surface area contributed by atoms with Crippen molar-refractivity contribution in [3.63, 3.8) is 0 Å². The third kappa shape index (κ3) is 2.52. The highest BCUT2D eigenvalue weighted by atomic mass is 16.5. The Kier molecular flexibility index (Phi) is 2.53. The van der Waals surface area contributed by atoms with Crippen LogP contribution in [0.4, 0.5) is 0 Å². The molecule has 0 aromatic rings. The van der Waals surface area contributed by atoms with Crippen molar-refractivity contribution in [3.8, 4) is 0 Å². The fourth-order valence-corrected chi connectivity index (χ4v) is 1.01. The summed E-state index contributed by atoms with van der Waals surface area (Å²) in [5.41, 5.74) is 0. The topological polar surface area (TPSA) is 26.3 Å². The molecule has 0 N–H and O–H groups in total. The van der Waals surface area contributed by atoms with Gasteiger partial charge in [0.1, 0.15) is 0 Å². The van der Waals surface area contributed by atoms with Crippen molar-refractivity contribution in [3.05, 3.63) is 0 Å². The van der Waals surface area contributed by atoms with Crippen molar-refractivity contribution in [1.29, 1.82) is 0 Å². The molecule has 2 heteroatoms. The first-order valence-electron chi connectivity index (χ1n) is 4.28. The minimum atomic E-state index is 0.00574. The van der Waals surface area contributed by atoms with Gasteiger partial charge in [0.05, 0.1) is 12.5 Å². The molecule has 0 aromatic heterocycles. The average Bonchev–Trinajstić information content (AvgIpc) is 2.61. The van der Waals surface area contributed by atoms with Gasteiger partial charge in [-0.3, -0.25) is 4.79 Å². The van der Waals surface area contributed by atoms with Gasteiger partial charge in [0.15, 0.2) is 0 Å². The van der Waals surface area contributed by atoms with Crippen LogP contribution in [0.1, 0.15) is 27.2 Å². The third-order valence-electron chi connectivity index (χ3n) is 1.97. The first-order valence-corrected chi connectivity index (χ1v) is 4.28. The lowest BCUT2D eigenvalue weighted by Crippen LogP contribution is -2.11. The van der Waals surface area contributed by atoms with Crippen LogP contribution in [0, 0.1) is 17.8 Å². The van der Waals surface area contributed by atoms with Crippen LogP contribution in [0.25, 0.3) is 0 Å². The van der Waals surface area contributed by atoms with Gasteiger partial charge in [-0.15, -0.1) is 0 Å². The molecular weight excluding hydrogens is 140 g/mol. The summed E-state index contributed by atoms with van der Waals surface area (Å²) >= 11 is 0. The number of ether oxygens (including phenoxy) is 1. The third-order valence-corrected chi connectivity index (χ3v) is 1.97. The van der Waals surface area contributed by atoms with Gasteiger partial charge >= 0.3 is 5.97 Å². The molecule has 0 heterocycles. The van der Waals surface area contributed by atoms with Crippen LogP contribution in [-0.4, -0.2) is 12.6 Å². The lowest BCUT2D eigenvalue weighted by Gasteiger charge is -2.05. The van der Waals surface area contributed by atoms with Crippen molar-refractivity contribution >= 4 is 5.97 Å². The molecular formula is C9H16O2. The summed E-state index contributed by atoms with van der Waals surface area (Å²) in [4.78, 5) is 11.1. The van der Waals surface area contributed by atoms with E-state index in [9.17, 15) is 4.79 Å². The van der Waals surface area contributed by atoms with Crippen LogP contribution in [-0.2, 0) is 9.53 Å². The smallest absolute Gasteiger partial charge is 0.309 e. The lowest BCUT2D eigenvalue weighted by molar-refractivity contribution is -0.146. The summed E-state index contributed by atoms with van der Waals surface area (Å²) < 4.78 is 5.06. The van der Waals surface area contributed by atoms with Gasteiger partial charge in [0, 0.05) is 0 Å². The Hall–Kier alpha value is -0.530. The normalized spacial score (nSPS) is 28.7. The minimum Gasteiger partial charge on any atom is -0.465 e. The first-order chi connectivity index (χ1) is 5.11. The van der Waals surface area contributed by atoms with E-state index < -0.39 is 0 Å². The van der Waals surface area contributed by atoms with Gasteiger partial charge in [-0.05, 0) is 18.3 Å². The molecule has 2 nitrogen and oxygen atoms in total. The van der Waals surface area contributed by atoms with E-state index in [-0.39, 0.29) is 11.9 Å². The molecule has 2 atom stereocenters. The first kappa shape index (κ1) is 8.57. The van der Waals surface area contributed by atoms with E-state index in [0.717, 1.165) is 6.42 Å². The molecule has 2 unspecified atom stereocenters. The van der Waals surface area contributed by atoms with Crippen molar-refractivity contribution < 1.29 is 9.53 Å². The SMILES string of the molecule is CC(C)COC(=O)C1CC1C. The van der Waals surface area contributed by atoms with Crippen LogP contribution < -0.4 is 0 Å². The van der Waals surface area contributed by atoms with Gasteiger partial charge in [0.2, 0.25) is 0 Å². The fourth-order valence-electron chi connectivity index (χ4n) is 1.01. The summed E-state index contributed by atoms with van der Waals surface area (Å²) in [6, 6.07) is 0. The highest BCUT2D eigenvalue weighted by molar-refractivity contribution is 5.75. The Labute approximate surface area is 67.9 Å². The zero-order chi connectivity index (χ0) is 8.43. The van der Waals surface area contributed by atoms with E-state index in [1.54, 1.807) is 0 Å². The van der Waals surface area contributed by atoms with Gasteiger partial charge in [-0.25, -0.2) is 0 Å². The largest absolute Gasteiger partial charge is 0.465 e. The fraction of sp³-hybridized carbons (Fsp3) is 0.889. The van der Waals surface area contributed by atoms with E-state index in [0.29, 0.717) is 18.4 Å². The van der Waals surface area contributed by atoms with Crippen molar-refractivity contribution in [1.82, 2.24) is 0 Å². The van der Waals surface area contributed by atoms with Gasteiger partial charge < -0.3 is 4.74 Å². The molecule has 1 aliphatic carbocycles. The van der Waals surface area contributed by atoms with Crippen LogP contribution in [0.15, 0.2) is 0 Å². The van der Waals surface area contributed by atoms with Gasteiger partial charge in [-0.1, -0.05) is 20.8 Å². The molecule has 1 rings (SSSR count). The molecule has 64 valence electrons. The maximum Gasteiger partial charge on any atom is 0.309 e. The van der Waals surface area contributed by atoms with Crippen LogP contribution in [0.2, 0.25) is 0 Å². The number of hydrogen-bond acceptors (Lipinski definition) is 2. The second kappa shape index (κ2) is 3.24. The number of rotatable bonds is 3. The maximum absolute atomic E-state index is 11.1. The molecule has 1 aliphatic rings. The molecule has 1 fully saturated rings. The zero-order valence-electron chi connectivity index (χ0n) is 7.46. The van der Waals surface area contributed by atoms with Gasteiger partial charge in [0.25, 0.3) is 0 Å². The van der Waals surface area contributed by atoms with Gasteiger partial charge in [-0.2, -0.15) is 0 Å². The predicted molar refractivity (Wildman–Crippen MR) is 43.1 cm³/mol. The lowest BCUT2D eigenvalue weighted by atomic mass is 10.2. The molecule has 0 radical (unpaired) electrons. The highest BCUT2D eigenvalue weighted by Gasteiger charge is 2.40. The Balaban J connectivity index is 2.12. The van der Waals surface area contributed by atoms with E-state index in [1.807, 2.05) is 13.8 Å². The van der Waals surface area contributed by atoms with Crippen molar-refractivity contribution in [2.75, 3.05) is 6.61 Å². The second-order valence-corrected chi connectivity index (χ2v) is 3.84. The summed E-state index contributed by atoms with van der Waals surface area (Å²) in [6.45, 7) is 6.75. The minimum absolute atomic E-state index is 0.00574. The summed E-state index contributed by atoms with van der Waals surface area (Å²) in [7, 11) is 0. The standard InChI is InChI=1S/C9H16O2/c1-6(2)5-11-9(10)8-4-7(8)3/h6-8H,4-5H2,1-3H3. The Morgan fingerprint density at radius 3 is 2.55 bits per heavy atom. The summed E-state index contributed by atoms with van der Waals surface area (Å²) in [5, 5.41) is 0. The Morgan fingerprint density at radius 1 is 1.64 bits per heavy atom. The average molecular weight is 156 g/mol. The van der Waals surface area contributed by atoms with E-state index in [1.165, 1.54) is 0 Å². The summed E-state index contributed by atoms with van der Waals surface area (Å²) in [5.74, 6) is 1.24. The Morgan fingerprint density at radius 2 is 2.18 bits per heavy atom. The van der Waals surface area contributed by atoms with Crippen molar-refractivity contribution in [2.24, 2.45) is 17.8 Å². The van der Waals surface area contributed by atoms with E-state index in [2.05, 4.69) is 6.92 Å². The van der Waals surface area contributed by atoms with E-state index >= 15 is 0 Å². The second-order valence-electron chi connectivity index (χ2n) is 3.84. The molecule has 0 bridgehead atoms. The number of hydrogen-bond donors (Lipinski definition) is 0. The molecule has 11 heavy (non-hydrogen) atoms. The number of carbonyl (C=O) groups excluding carboxylic acids is 1. The molecule has 0 aliphatic heterocycles. The summed E-state index contributed by atoms with van der Waals surface area (Å²) in [6.07, 6.45) is 1.02. The van der Waals surface area contributed by atoms with Crippen LogP contribution >= 0.6 is 0 Å². The van der Waals surface area contributed by atoms with Crippen LogP contribution in [0.5, 0.6) is 0 Å². The maximum atomic E-state index is 11.1. The molecule has 0 spiro atoms. The number of carbonyl (C=O) groups is 1. The zero-order valence-corrected chi connectivity index (χ0v) is 7.46. The predicted octanol–water partition coefficient (Wildman–Crippen LogP) is 1.84. The Bertz CT molecular complexity index is 152.